The van der Waals surface area contributed by atoms with Crippen LogP contribution in [0, 0.1) is 0 Å². The fourth-order valence-electron chi connectivity index (χ4n) is 3.74. The fourth-order valence-corrected chi connectivity index (χ4v) is 5.90. The molecule has 0 bridgehead atoms. The summed E-state index contributed by atoms with van der Waals surface area (Å²) in [4.78, 5) is 24.6. The minimum atomic E-state index is -4.23. The van der Waals surface area contributed by atoms with Crippen molar-refractivity contribution in [1.29, 1.82) is 0 Å². The highest BCUT2D eigenvalue weighted by Gasteiger charge is 2.44. The molecule has 4 rings (SSSR count). The minimum Gasteiger partial charge on any atom is -0.486 e. The first-order valence-electron chi connectivity index (χ1n) is 10.6. The maximum absolute atomic E-state index is 13.2. The number of β-amino-alcohol motifs (C(OH)–C–C–N with tert-alkyl or cyclic N) is 1. The van der Waals surface area contributed by atoms with Crippen molar-refractivity contribution in [3.8, 4) is 11.5 Å². The maximum atomic E-state index is 13.2. The number of benzene rings is 2. The van der Waals surface area contributed by atoms with Crippen LogP contribution >= 0.6 is 0 Å². The monoisotopic (exact) mass is 541 g/mol. The number of amides is 1. The molecule has 1 amide bonds. The van der Waals surface area contributed by atoms with Crippen molar-refractivity contribution in [3.05, 3.63) is 42.5 Å². The van der Waals surface area contributed by atoms with Crippen molar-refractivity contribution in [3.63, 3.8) is 0 Å². The van der Waals surface area contributed by atoms with E-state index < -0.39 is 50.7 Å². The highest BCUT2D eigenvalue weighted by atomic mass is 32.2. The number of aliphatic hydroxyl groups is 1. The molecule has 1 saturated heterocycles. The molecule has 2 heterocycles. The zero-order chi connectivity index (χ0) is 26.1. The van der Waals surface area contributed by atoms with Crippen molar-refractivity contribution >= 4 is 37.6 Å². The summed E-state index contributed by atoms with van der Waals surface area (Å²) in [5.41, 5.74) is 0.225. The molecule has 0 radical (unpaired) electrons. The third-order valence-electron chi connectivity index (χ3n) is 5.44. The molecule has 2 aromatic carbocycles. The van der Waals surface area contributed by atoms with E-state index in [9.17, 15) is 31.5 Å². The van der Waals surface area contributed by atoms with E-state index in [1.165, 1.54) is 42.5 Å². The van der Waals surface area contributed by atoms with E-state index in [2.05, 4.69) is 5.32 Å². The Kier molecular flexibility index (Phi) is 7.19. The molecular formula is C21H23N3O10S2. The Balaban J connectivity index is 1.41. The van der Waals surface area contributed by atoms with Gasteiger partial charge in [-0.2, -0.15) is 4.31 Å². The van der Waals surface area contributed by atoms with Gasteiger partial charge in [-0.25, -0.2) is 22.0 Å². The largest absolute Gasteiger partial charge is 0.486 e. The number of fused-ring (bicyclic) bond motifs is 1. The molecule has 36 heavy (non-hydrogen) atoms. The van der Waals surface area contributed by atoms with Gasteiger partial charge in [-0.1, -0.05) is 0 Å². The van der Waals surface area contributed by atoms with Crippen LogP contribution in [0.5, 0.6) is 11.5 Å². The second-order valence-electron chi connectivity index (χ2n) is 8.01. The first-order valence-corrected chi connectivity index (χ1v) is 13.6. The van der Waals surface area contributed by atoms with Crippen molar-refractivity contribution in [2.24, 2.45) is 5.14 Å². The molecule has 15 heteroatoms. The first-order chi connectivity index (χ1) is 16.9. The number of primary sulfonamides is 1. The average Bonchev–Trinajstić information content (AvgIpc) is 3.24. The van der Waals surface area contributed by atoms with Gasteiger partial charge >= 0.3 is 5.97 Å². The van der Waals surface area contributed by atoms with E-state index in [1.807, 2.05) is 0 Å². The van der Waals surface area contributed by atoms with Crippen LogP contribution in [-0.2, 0) is 34.4 Å². The predicted octanol–water partition coefficient (Wildman–Crippen LogP) is -0.589. The predicted molar refractivity (Wildman–Crippen MR) is 123 cm³/mol. The number of esters is 1. The van der Waals surface area contributed by atoms with Gasteiger partial charge in [0.1, 0.15) is 19.3 Å². The van der Waals surface area contributed by atoms with Crippen molar-refractivity contribution in [2.45, 2.75) is 28.4 Å². The number of rotatable bonds is 7. The van der Waals surface area contributed by atoms with Gasteiger partial charge in [-0.15, -0.1) is 0 Å². The molecule has 13 nitrogen and oxygen atoms in total. The second kappa shape index (κ2) is 10.0. The summed E-state index contributed by atoms with van der Waals surface area (Å²) in [5, 5.41) is 17.5. The van der Waals surface area contributed by atoms with E-state index >= 15 is 0 Å². The van der Waals surface area contributed by atoms with E-state index in [0.717, 1.165) is 4.31 Å². The molecule has 1 fully saturated rings. The number of aliphatic hydroxyl groups excluding tert-OH is 1. The number of hydrogen-bond acceptors (Lipinski definition) is 10. The van der Waals surface area contributed by atoms with Crippen LogP contribution in [0.25, 0.3) is 0 Å². The lowest BCUT2D eigenvalue weighted by atomic mass is 10.2. The first kappa shape index (κ1) is 25.8. The van der Waals surface area contributed by atoms with Crippen LogP contribution in [0.15, 0.2) is 52.3 Å². The lowest BCUT2D eigenvalue weighted by Gasteiger charge is -2.24. The number of nitrogens with zero attached hydrogens (tertiary/aromatic N) is 1. The van der Waals surface area contributed by atoms with E-state index in [4.69, 9.17) is 19.3 Å². The van der Waals surface area contributed by atoms with Gasteiger partial charge < -0.3 is 24.6 Å². The Bertz CT molecular complexity index is 1380. The summed E-state index contributed by atoms with van der Waals surface area (Å²) >= 11 is 0. The zero-order valence-corrected chi connectivity index (χ0v) is 20.3. The number of carbonyl (C=O) groups is 2. The molecule has 2 aliphatic heterocycles. The normalized spacial score (nSPS) is 20.1. The Hall–Kier alpha value is -3.24. The van der Waals surface area contributed by atoms with Gasteiger partial charge in [0.25, 0.3) is 5.91 Å². The summed E-state index contributed by atoms with van der Waals surface area (Å²) in [6.07, 6.45) is -1.32. The molecule has 0 aliphatic carbocycles. The van der Waals surface area contributed by atoms with E-state index in [1.54, 1.807) is 0 Å². The van der Waals surface area contributed by atoms with Crippen LogP contribution in [0.2, 0.25) is 0 Å². The Morgan fingerprint density at radius 1 is 1.03 bits per heavy atom. The average molecular weight is 542 g/mol. The lowest BCUT2D eigenvalue weighted by molar-refractivity contribution is -0.150. The van der Waals surface area contributed by atoms with E-state index in [0.29, 0.717) is 12.4 Å². The molecule has 2 aromatic rings. The van der Waals surface area contributed by atoms with Crippen LogP contribution in [0.3, 0.4) is 0 Å². The number of anilines is 1. The van der Waals surface area contributed by atoms with Gasteiger partial charge in [0.05, 0.1) is 15.9 Å². The summed E-state index contributed by atoms with van der Waals surface area (Å²) in [7, 11) is -8.12. The standard InChI is InChI=1S/C21H23N3O10S2/c22-35(28,29)15-3-1-13(2-4-15)23-20(26)12-34-21(27)17-9-14(25)11-24(17)36(30,31)16-5-6-18-19(10-16)33-8-7-32-18/h1-6,10,14,17,25H,7-9,11-12H2,(H,23,26)(H2,22,28,29). The van der Waals surface area contributed by atoms with Gasteiger partial charge in [0, 0.05) is 24.7 Å². The highest BCUT2D eigenvalue weighted by molar-refractivity contribution is 7.89. The zero-order valence-electron chi connectivity index (χ0n) is 18.7. The Morgan fingerprint density at radius 3 is 2.33 bits per heavy atom. The summed E-state index contributed by atoms with van der Waals surface area (Å²) < 4.78 is 65.7. The third kappa shape index (κ3) is 5.60. The topological polar surface area (TPSA) is 192 Å². The number of carbonyl (C=O) groups excluding carboxylic acids is 2. The lowest BCUT2D eigenvalue weighted by Crippen LogP contribution is -2.42. The second-order valence-corrected chi connectivity index (χ2v) is 11.5. The number of sulfonamides is 2. The molecule has 0 saturated carbocycles. The summed E-state index contributed by atoms with van der Waals surface area (Å²) in [6, 6.07) is 7.68. The van der Waals surface area contributed by atoms with E-state index in [-0.39, 0.29) is 40.8 Å². The third-order valence-corrected chi connectivity index (χ3v) is 8.24. The summed E-state index contributed by atoms with van der Waals surface area (Å²) in [5.74, 6) is -1.11. The number of hydrogen-bond donors (Lipinski definition) is 3. The Labute approximate surface area is 206 Å². The number of nitrogens with one attached hydrogen (secondary N) is 1. The molecule has 2 atom stereocenters. The van der Waals surface area contributed by atoms with Gasteiger partial charge in [-0.3, -0.25) is 9.59 Å². The SMILES string of the molecule is NS(=O)(=O)c1ccc(NC(=O)COC(=O)C2CC(O)CN2S(=O)(=O)c2ccc3c(c2)OCCO3)cc1. The summed E-state index contributed by atoms with van der Waals surface area (Å²) in [6.45, 7) is -0.481. The Morgan fingerprint density at radius 2 is 1.67 bits per heavy atom. The van der Waals surface area contributed by atoms with Crippen molar-refractivity contribution in [1.82, 2.24) is 4.31 Å². The fraction of sp³-hybridized carbons (Fsp3) is 0.333. The van der Waals surface area contributed by atoms with Gasteiger partial charge in [0.15, 0.2) is 18.1 Å². The van der Waals surface area contributed by atoms with Gasteiger partial charge in [-0.05, 0) is 36.4 Å². The van der Waals surface area contributed by atoms with Gasteiger partial charge in [0.2, 0.25) is 20.0 Å². The number of ether oxygens (including phenoxy) is 3. The van der Waals surface area contributed by atoms with Crippen molar-refractivity contribution < 1.29 is 45.7 Å². The molecule has 2 unspecified atom stereocenters. The van der Waals surface area contributed by atoms with Crippen LogP contribution in [-0.4, -0.2) is 76.6 Å². The molecule has 0 aromatic heterocycles. The smallest absolute Gasteiger partial charge is 0.325 e. The number of nitrogens with two attached hydrogens (primary N) is 1. The minimum absolute atomic E-state index is 0.147. The molecule has 2 aliphatic rings. The van der Waals surface area contributed by atoms with Crippen LogP contribution in [0.1, 0.15) is 6.42 Å². The molecule has 0 spiro atoms. The van der Waals surface area contributed by atoms with Crippen LogP contribution in [0.4, 0.5) is 5.69 Å². The maximum Gasteiger partial charge on any atom is 0.325 e. The van der Waals surface area contributed by atoms with Crippen LogP contribution < -0.4 is 19.9 Å². The highest BCUT2D eigenvalue weighted by Crippen LogP contribution is 2.35. The van der Waals surface area contributed by atoms with Crippen molar-refractivity contribution in [2.75, 3.05) is 31.7 Å². The molecular weight excluding hydrogens is 518 g/mol. The quantitative estimate of drug-likeness (QED) is 0.382. The molecule has 4 N–H and O–H groups in total. The molecule has 194 valence electrons.